The van der Waals surface area contributed by atoms with Crippen LogP contribution in [0.5, 0.6) is 0 Å². The third kappa shape index (κ3) is 4.79. The number of hydrogen-bond acceptors (Lipinski definition) is 4. The van der Waals surface area contributed by atoms with Crippen molar-refractivity contribution in [3.63, 3.8) is 0 Å². The monoisotopic (exact) mass is 350 g/mol. The fourth-order valence-corrected chi connectivity index (χ4v) is 2.59. The lowest BCUT2D eigenvalue weighted by atomic mass is 10.0. The first kappa shape index (κ1) is 17.9. The molecule has 0 bridgehead atoms. The Kier molecular flexibility index (Phi) is 5.46. The molecule has 0 amide bonds. The van der Waals surface area contributed by atoms with Gasteiger partial charge in [0.05, 0.1) is 0 Å². The normalized spacial score (nSPS) is 10.8. The van der Waals surface area contributed by atoms with Crippen molar-refractivity contribution in [1.82, 2.24) is 9.97 Å². The predicted octanol–water partition coefficient (Wildman–Crippen LogP) is 5.40. The van der Waals surface area contributed by atoms with Gasteiger partial charge in [0.2, 0.25) is 5.95 Å². The molecule has 26 heavy (non-hydrogen) atoms. The summed E-state index contributed by atoms with van der Waals surface area (Å²) in [5.74, 6) is 1.54. The molecule has 0 fully saturated rings. The molecule has 0 saturated heterocycles. The van der Waals surface area contributed by atoms with Gasteiger partial charge in [0.15, 0.2) is 0 Å². The van der Waals surface area contributed by atoms with Crippen molar-refractivity contribution < 1.29 is 4.39 Å². The van der Waals surface area contributed by atoms with Crippen molar-refractivity contribution in [3.8, 4) is 0 Å². The number of rotatable bonds is 6. The van der Waals surface area contributed by atoms with Crippen LogP contribution in [0.25, 0.3) is 0 Å². The Morgan fingerprint density at radius 2 is 1.65 bits per heavy atom. The largest absolute Gasteiger partial charge is 0.350 e. The van der Waals surface area contributed by atoms with Crippen LogP contribution in [0.3, 0.4) is 0 Å². The van der Waals surface area contributed by atoms with E-state index in [1.54, 1.807) is 12.1 Å². The van der Waals surface area contributed by atoms with Crippen LogP contribution in [0.1, 0.15) is 36.6 Å². The molecule has 0 radical (unpaired) electrons. The van der Waals surface area contributed by atoms with Crippen LogP contribution in [0.2, 0.25) is 0 Å². The molecule has 134 valence electrons. The van der Waals surface area contributed by atoms with E-state index >= 15 is 0 Å². The number of anilines is 3. The van der Waals surface area contributed by atoms with Crippen molar-refractivity contribution >= 4 is 17.5 Å². The van der Waals surface area contributed by atoms with Gasteiger partial charge in [-0.05, 0) is 48.2 Å². The van der Waals surface area contributed by atoms with Gasteiger partial charge in [-0.3, -0.25) is 0 Å². The summed E-state index contributed by atoms with van der Waals surface area (Å²) in [4.78, 5) is 8.92. The summed E-state index contributed by atoms with van der Waals surface area (Å²) in [6.45, 7) is 6.81. The predicted molar refractivity (Wildman–Crippen MR) is 104 cm³/mol. The third-order valence-corrected chi connectivity index (χ3v) is 4.07. The lowest BCUT2D eigenvalue weighted by molar-refractivity contribution is 0.627. The fourth-order valence-electron chi connectivity index (χ4n) is 2.59. The quantitative estimate of drug-likeness (QED) is 0.625. The summed E-state index contributed by atoms with van der Waals surface area (Å²) in [5.41, 5.74) is 4.12. The van der Waals surface area contributed by atoms with Gasteiger partial charge in [0.1, 0.15) is 11.6 Å². The van der Waals surface area contributed by atoms with Gasteiger partial charge in [-0.2, -0.15) is 4.98 Å². The molecule has 1 heterocycles. The molecule has 2 N–H and O–H groups in total. The number of benzene rings is 2. The van der Waals surface area contributed by atoms with E-state index in [2.05, 4.69) is 58.7 Å². The molecule has 0 saturated carbocycles. The van der Waals surface area contributed by atoms with Crippen LogP contribution >= 0.6 is 0 Å². The SMILES string of the molecule is Cc1cc(Nc2ccc(C(C)C)cc2)nc(NCc2ccc(F)cc2)n1. The smallest absolute Gasteiger partial charge is 0.225 e. The van der Waals surface area contributed by atoms with Crippen LogP contribution in [0.15, 0.2) is 54.6 Å². The van der Waals surface area contributed by atoms with Crippen LogP contribution in [-0.4, -0.2) is 9.97 Å². The second-order valence-electron chi connectivity index (χ2n) is 6.60. The van der Waals surface area contributed by atoms with E-state index in [-0.39, 0.29) is 5.82 Å². The van der Waals surface area contributed by atoms with Crippen LogP contribution in [0, 0.1) is 12.7 Å². The Balaban J connectivity index is 1.69. The summed E-state index contributed by atoms with van der Waals surface area (Å²) < 4.78 is 13.0. The maximum Gasteiger partial charge on any atom is 0.225 e. The Labute approximate surface area is 153 Å². The highest BCUT2D eigenvalue weighted by molar-refractivity contribution is 5.58. The molecule has 5 heteroatoms. The van der Waals surface area contributed by atoms with Gasteiger partial charge in [0.25, 0.3) is 0 Å². The summed E-state index contributed by atoms with van der Waals surface area (Å²) in [6, 6.07) is 16.6. The molecular weight excluding hydrogens is 327 g/mol. The maximum absolute atomic E-state index is 13.0. The Hall–Kier alpha value is -2.95. The summed E-state index contributed by atoms with van der Waals surface area (Å²) in [5, 5.41) is 6.50. The highest BCUT2D eigenvalue weighted by Gasteiger charge is 2.04. The molecule has 0 aliphatic carbocycles. The number of nitrogens with one attached hydrogen (secondary N) is 2. The minimum atomic E-state index is -0.240. The van der Waals surface area contributed by atoms with Gasteiger partial charge >= 0.3 is 0 Å². The highest BCUT2D eigenvalue weighted by Crippen LogP contribution is 2.20. The average molecular weight is 350 g/mol. The first-order chi connectivity index (χ1) is 12.5. The first-order valence-corrected chi connectivity index (χ1v) is 8.70. The van der Waals surface area contributed by atoms with Crippen molar-refractivity contribution in [1.29, 1.82) is 0 Å². The molecule has 0 unspecified atom stereocenters. The standard InChI is InChI=1S/C21H23FN4/c1-14(2)17-6-10-19(11-7-17)25-20-12-15(3)24-21(26-20)23-13-16-4-8-18(22)9-5-16/h4-12,14H,13H2,1-3H3,(H2,23,24,25,26). The summed E-state index contributed by atoms with van der Waals surface area (Å²) in [6.07, 6.45) is 0. The van der Waals surface area contributed by atoms with Gasteiger partial charge in [-0.1, -0.05) is 38.1 Å². The lowest BCUT2D eigenvalue weighted by Gasteiger charge is -2.11. The van der Waals surface area contributed by atoms with E-state index in [9.17, 15) is 4.39 Å². The molecule has 1 aromatic heterocycles. The van der Waals surface area contributed by atoms with E-state index in [0.29, 0.717) is 18.4 Å². The maximum atomic E-state index is 13.0. The molecule has 0 atom stereocenters. The van der Waals surface area contributed by atoms with E-state index in [1.165, 1.54) is 17.7 Å². The molecule has 3 aromatic rings. The lowest BCUT2D eigenvalue weighted by Crippen LogP contribution is -2.06. The van der Waals surface area contributed by atoms with E-state index in [4.69, 9.17) is 0 Å². The minimum absolute atomic E-state index is 0.240. The average Bonchev–Trinajstić information content (AvgIpc) is 2.61. The molecular formula is C21H23FN4. The number of aryl methyl sites for hydroxylation is 1. The molecule has 4 nitrogen and oxygen atoms in total. The zero-order chi connectivity index (χ0) is 18.5. The summed E-state index contributed by atoms with van der Waals surface area (Å²) >= 11 is 0. The Morgan fingerprint density at radius 1 is 0.962 bits per heavy atom. The molecule has 0 spiro atoms. The Bertz CT molecular complexity index is 858. The van der Waals surface area contributed by atoms with Gasteiger partial charge < -0.3 is 10.6 Å². The van der Waals surface area contributed by atoms with Gasteiger partial charge in [-0.15, -0.1) is 0 Å². The van der Waals surface area contributed by atoms with Crippen LogP contribution < -0.4 is 10.6 Å². The van der Waals surface area contributed by atoms with Crippen LogP contribution in [-0.2, 0) is 6.54 Å². The zero-order valence-corrected chi connectivity index (χ0v) is 15.3. The number of hydrogen-bond donors (Lipinski definition) is 2. The zero-order valence-electron chi connectivity index (χ0n) is 15.3. The molecule has 0 aliphatic heterocycles. The number of halogens is 1. The third-order valence-electron chi connectivity index (χ3n) is 4.07. The number of nitrogens with zero attached hydrogens (tertiary/aromatic N) is 2. The van der Waals surface area contributed by atoms with Crippen LogP contribution in [0.4, 0.5) is 21.8 Å². The first-order valence-electron chi connectivity index (χ1n) is 8.70. The van der Waals surface area contributed by atoms with Gasteiger partial charge in [0, 0.05) is 24.0 Å². The van der Waals surface area contributed by atoms with Crippen molar-refractivity contribution in [3.05, 3.63) is 77.2 Å². The minimum Gasteiger partial charge on any atom is -0.350 e. The fraction of sp³-hybridized carbons (Fsp3) is 0.238. The highest BCUT2D eigenvalue weighted by atomic mass is 19.1. The van der Waals surface area contributed by atoms with E-state index in [0.717, 1.165) is 22.8 Å². The van der Waals surface area contributed by atoms with Crippen molar-refractivity contribution in [2.24, 2.45) is 0 Å². The van der Waals surface area contributed by atoms with E-state index < -0.39 is 0 Å². The Morgan fingerprint density at radius 3 is 2.31 bits per heavy atom. The molecule has 0 aliphatic rings. The summed E-state index contributed by atoms with van der Waals surface area (Å²) in [7, 11) is 0. The van der Waals surface area contributed by atoms with E-state index in [1.807, 2.05) is 13.0 Å². The molecule has 3 rings (SSSR count). The topological polar surface area (TPSA) is 49.8 Å². The van der Waals surface area contributed by atoms with Gasteiger partial charge in [-0.25, -0.2) is 9.37 Å². The molecule has 2 aromatic carbocycles. The second-order valence-corrected chi connectivity index (χ2v) is 6.60. The van der Waals surface area contributed by atoms with Crippen molar-refractivity contribution in [2.75, 3.05) is 10.6 Å². The second kappa shape index (κ2) is 7.95. The number of aromatic nitrogens is 2. The van der Waals surface area contributed by atoms with Crippen molar-refractivity contribution in [2.45, 2.75) is 33.2 Å².